The zero-order chi connectivity index (χ0) is 22.3. The van der Waals surface area contributed by atoms with E-state index in [1.54, 1.807) is 30.0 Å². The molecule has 7 heteroatoms. The Labute approximate surface area is 183 Å². The van der Waals surface area contributed by atoms with Crippen LogP contribution in [-0.2, 0) is 25.5 Å². The second kappa shape index (κ2) is 10.7. The van der Waals surface area contributed by atoms with Crippen molar-refractivity contribution in [2.75, 3.05) is 32.8 Å². The van der Waals surface area contributed by atoms with Crippen molar-refractivity contribution in [3.63, 3.8) is 0 Å². The van der Waals surface area contributed by atoms with E-state index in [4.69, 9.17) is 4.74 Å². The maximum absolute atomic E-state index is 14.3. The molecule has 2 heterocycles. The Bertz CT molecular complexity index is 800. The minimum absolute atomic E-state index is 0.0219. The van der Waals surface area contributed by atoms with Crippen molar-refractivity contribution < 1.29 is 23.5 Å². The van der Waals surface area contributed by atoms with Gasteiger partial charge in [0.15, 0.2) is 0 Å². The second-order valence-corrected chi connectivity index (χ2v) is 8.63. The maximum Gasteiger partial charge on any atom is 0.314 e. The van der Waals surface area contributed by atoms with E-state index in [0.717, 1.165) is 19.4 Å². The highest BCUT2D eigenvalue weighted by molar-refractivity contribution is 5.81. The van der Waals surface area contributed by atoms with E-state index in [-0.39, 0.29) is 43.2 Å². The van der Waals surface area contributed by atoms with Crippen molar-refractivity contribution in [3.05, 3.63) is 35.6 Å². The number of piperidine rings is 2. The van der Waals surface area contributed by atoms with Crippen molar-refractivity contribution in [1.29, 1.82) is 0 Å². The lowest BCUT2D eigenvalue weighted by Crippen LogP contribution is -2.51. The molecule has 0 aliphatic carbocycles. The topological polar surface area (TPSA) is 66.9 Å². The first-order valence-electron chi connectivity index (χ1n) is 11.4. The van der Waals surface area contributed by atoms with E-state index in [1.165, 1.54) is 6.07 Å². The summed E-state index contributed by atoms with van der Waals surface area (Å²) in [5, 5.41) is 0. The summed E-state index contributed by atoms with van der Waals surface area (Å²) in [7, 11) is 0. The van der Waals surface area contributed by atoms with Crippen LogP contribution in [0.15, 0.2) is 24.3 Å². The Kier molecular flexibility index (Phi) is 8.04. The average Bonchev–Trinajstić information content (AvgIpc) is 2.77. The fraction of sp³-hybridized carbons (Fsp3) is 0.625. The molecule has 2 aliphatic heterocycles. The molecule has 2 aliphatic rings. The fourth-order valence-corrected chi connectivity index (χ4v) is 4.70. The van der Waals surface area contributed by atoms with Gasteiger partial charge in [0, 0.05) is 39.0 Å². The summed E-state index contributed by atoms with van der Waals surface area (Å²) in [4.78, 5) is 41.3. The van der Waals surface area contributed by atoms with Crippen LogP contribution in [0.1, 0.15) is 57.4 Å². The van der Waals surface area contributed by atoms with Crippen LogP contribution in [0.2, 0.25) is 0 Å². The molecule has 6 nitrogen and oxygen atoms in total. The lowest BCUT2D eigenvalue weighted by atomic mass is 9.74. The van der Waals surface area contributed by atoms with Gasteiger partial charge in [0.25, 0.3) is 0 Å². The third-order valence-corrected chi connectivity index (χ3v) is 6.36. The largest absolute Gasteiger partial charge is 0.466 e. The molecule has 2 amide bonds. The monoisotopic (exact) mass is 432 g/mol. The van der Waals surface area contributed by atoms with Crippen LogP contribution < -0.4 is 0 Å². The molecular formula is C24H33FN2O4. The number of halogens is 1. The van der Waals surface area contributed by atoms with Crippen LogP contribution in [-0.4, -0.2) is 60.4 Å². The molecule has 0 N–H and O–H groups in total. The van der Waals surface area contributed by atoms with Crippen molar-refractivity contribution in [2.24, 2.45) is 5.41 Å². The SMILES string of the molecule is CCOC(=O)[C@]1(Cc2ccccc2F)CCCN(C(=O)CCCN2CCCCC2=O)C1. The first kappa shape index (κ1) is 23.2. The number of hydrogen-bond acceptors (Lipinski definition) is 4. The van der Waals surface area contributed by atoms with Gasteiger partial charge >= 0.3 is 5.97 Å². The van der Waals surface area contributed by atoms with Gasteiger partial charge in [-0.2, -0.15) is 0 Å². The van der Waals surface area contributed by atoms with Gasteiger partial charge in [0.05, 0.1) is 12.0 Å². The van der Waals surface area contributed by atoms with Crippen molar-refractivity contribution in [3.8, 4) is 0 Å². The first-order valence-corrected chi connectivity index (χ1v) is 11.4. The molecule has 31 heavy (non-hydrogen) atoms. The number of nitrogens with zero attached hydrogens (tertiary/aromatic N) is 2. The second-order valence-electron chi connectivity index (χ2n) is 8.63. The van der Waals surface area contributed by atoms with Gasteiger partial charge in [-0.25, -0.2) is 4.39 Å². The Hall–Kier alpha value is -2.44. The number of hydrogen-bond donors (Lipinski definition) is 0. The summed E-state index contributed by atoms with van der Waals surface area (Å²) in [5.74, 6) is -0.565. The summed E-state index contributed by atoms with van der Waals surface area (Å²) in [5.41, 5.74) is -0.469. The third kappa shape index (κ3) is 5.83. The van der Waals surface area contributed by atoms with Crippen molar-refractivity contribution in [2.45, 2.75) is 58.3 Å². The third-order valence-electron chi connectivity index (χ3n) is 6.36. The zero-order valence-electron chi connectivity index (χ0n) is 18.4. The highest BCUT2D eigenvalue weighted by atomic mass is 19.1. The predicted molar refractivity (Wildman–Crippen MR) is 115 cm³/mol. The molecule has 0 bridgehead atoms. The van der Waals surface area contributed by atoms with E-state index < -0.39 is 5.41 Å². The minimum Gasteiger partial charge on any atom is -0.466 e. The quantitative estimate of drug-likeness (QED) is 0.591. The van der Waals surface area contributed by atoms with Gasteiger partial charge in [0.1, 0.15) is 5.82 Å². The molecule has 0 aromatic heterocycles. The van der Waals surface area contributed by atoms with Crippen LogP contribution in [0.3, 0.4) is 0 Å². The molecule has 0 saturated carbocycles. The van der Waals surface area contributed by atoms with Gasteiger partial charge < -0.3 is 14.5 Å². The zero-order valence-corrected chi connectivity index (χ0v) is 18.4. The number of carbonyl (C=O) groups is 3. The molecule has 0 unspecified atom stereocenters. The fourth-order valence-electron chi connectivity index (χ4n) is 4.70. The lowest BCUT2D eigenvalue weighted by molar-refractivity contribution is -0.161. The molecule has 1 atom stereocenters. The Balaban J connectivity index is 1.65. The highest BCUT2D eigenvalue weighted by Gasteiger charge is 2.45. The van der Waals surface area contributed by atoms with E-state index >= 15 is 0 Å². The molecule has 0 spiro atoms. The summed E-state index contributed by atoms with van der Waals surface area (Å²) in [6.07, 6.45) is 4.95. The summed E-state index contributed by atoms with van der Waals surface area (Å²) in [6, 6.07) is 6.46. The van der Waals surface area contributed by atoms with E-state index in [1.807, 2.05) is 4.90 Å². The molecular weight excluding hydrogens is 399 g/mol. The van der Waals surface area contributed by atoms with Crippen LogP contribution in [0.5, 0.6) is 0 Å². The number of rotatable bonds is 8. The van der Waals surface area contributed by atoms with Gasteiger partial charge in [0.2, 0.25) is 11.8 Å². The van der Waals surface area contributed by atoms with Gasteiger partial charge in [-0.3, -0.25) is 14.4 Å². The Morgan fingerprint density at radius 2 is 1.97 bits per heavy atom. The maximum atomic E-state index is 14.3. The normalized spacial score (nSPS) is 21.8. The molecule has 2 saturated heterocycles. The van der Waals surface area contributed by atoms with Gasteiger partial charge in [-0.1, -0.05) is 18.2 Å². The average molecular weight is 433 g/mol. The summed E-state index contributed by atoms with van der Waals surface area (Å²) < 4.78 is 19.7. The van der Waals surface area contributed by atoms with Crippen LogP contribution in [0.25, 0.3) is 0 Å². The molecule has 3 rings (SSSR count). The lowest BCUT2D eigenvalue weighted by Gasteiger charge is -2.41. The van der Waals surface area contributed by atoms with Gasteiger partial charge in [-0.15, -0.1) is 0 Å². The van der Waals surface area contributed by atoms with Crippen molar-refractivity contribution >= 4 is 17.8 Å². The minimum atomic E-state index is -0.936. The molecule has 1 aromatic carbocycles. The molecule has 0 radical (unpaired) electrons. The first-order chi connectivity index (χ1) is 14.9. The smallest absolute Gasteiger partial charge is 0.314 e. The van der Waals surface area contributed by atoms with Crippen LogP contribution in [0, 0.1) is 11.2 Å². The standard InChI is InChI=1S/C24H33FN2O4/c1-2-31-23(30)24(17-19-9-3-4-10-20(19)25)13-8-16-27(18-24)22(29)12-7-15-26-14-6-5-11-21(26)28/h3-4,9-10H,2,5-8,11-18H2,1H3/t24-/m0/s1. The number of esters is 1. The van der Waals surface area contributed by atoms with E-state index in [9.17, 15) is 18.8 Å². The van der Waals surface area contributed by atoms with E-state index in [2.05, 4.69) is 0 Å². The number of carbonyl (C=O) groups excluding carboxylic acids is 3. The van der Waals surface area contributed by atoms with Crippen LogP contribution >= 0.6 is 0 Å². The van der Waals surface area contributed by atoms with E-state index in [0.29, 0.717) is 50.8 Å². The summed E-state index contributed by atoms with van der Waals surface area (Å²) >= 11 is 0. The van der Waals surface area contributed by atoms with Crippen LogP contribution in [0.4, 0.5) is 4.39 Å². The number of ether oxygens (including phenoxy) is 1. The van der Waals surface area contributed by atoms with Gasteiger partial charge in [-0.05, 0) is 57.1 Å². The Morgan fingerprint density at radius 1 is 1.16 bits per heavy atom. The Morgan fingerprint density at radius 3 is 2.71 bits per heavy atom. The molecule has 2 fully saturated rings. The van der Waals surface area contributed by atoms with Crippen molar-refractivity contribution in [1.82, 2.24) is 9.80 Å². The molecule has 170 valence electrons. The number of benzene rings is 1. The molecule has 1 aromatic rings. The number of amides is 2. The number of likely N-dealkylation sites (tertiary alicyclic amines) is 2. The predicted octanol–water partition coefficient (Wildman–Crippen LogP) is 3.33. The highest BCUT2D eigenvalue weighted by Crippen LogP contribution is 2.36. The summed E-state index contributed by atoms with van der Waals surface area (Å²) in [6.45, 7) is 4.18.